The minimum Gasteiger partial charge on any atom is -0.466 e. The minimum atomic E-state index is -1.34. The third kappa shape index (κ3) is 2.89. The summed E-state index contributed by atoms with van der Waals surface area (Å²) in [5, 5.41) is 2.63. The summed E-state index contributed by atoms with van der Waals surface area (Å²) in [7, 11) is 0. The number of urea groups is 1. The Labute approximate surface area is 183 Å². The maximum absolute atomic E-state index is 13.1. The summed E-state index contributed by atoms with van der Waals surface area (Å²) in [5.41, 5.74) is 1.45. The number of aromatic nitrogens is 1. The number of nitrogens with zero attached hydrogens (tertiary/aromatic N) is 2. The fourth-order valence-electron chi connectivity index (χ4n) is 4.27. The summed E-state index contributed by atoms with van der Waals surface area (Å²) in [6.07, 6.45) is 1.43. The van der Waals surface area contributed by atoms with Crippen molar-refractivity contribution in [1.29, 1.82) is 0 Å². The van der Waals surface area contributed by atoms with Gasteiger partial charge in [0.15, 0.2) is 22.8 Å². The summed E-state index contributed by atoms with van der Waals surface area (Å²) in [4.78, 5) is 39.6. The van der Waals surface area contributed by atoms with Gasteiger partial charge >= 0.3 is 6.03 Å². The van der Waals surface area contributed by atoms with E-state index in [0.717, 1.165) is 16.3 Å². The van der Waals surface area contributed by atoms with Crippen LogP contribution >= 0.6 is 0 Å². The smallest absolute Gasteiger partial charge is 0.325 e. The molecule has 0 saturated carbocycles. The van der Waals surface area contributed by atoms with E-state index in [2.05, 4.69) is 5.32 Å². The zero-order chi connectivity index (χ0) is 22.6. The number of carbonyl (C=O) groups excluding carboxylic acids is 3. The van der Waals surface area contributed by atoms with E-state index >= 15 is 0 Å². The molecule has 1 atom stereocenters. The largest absolute Gasteiger partial charge is 0.466 e. The summed E-state index contributed by atoms with van der Waals surface area (Å²) >= 11 is 0. The predicted molar refractivity (Wildman–Crippen MR) is 112 cm³/mol. The molecule has 9 nitrogen and oxygen atoms in total. The molecule has 9 heteroatoms. The second-order valence-corrected chi connectivity index (χ2v) is 8.00. The SMILES string of the molecule is Cc1cc(C(=O)CN2C(=O)N[C@@](C)(c3ccco3)C2=O)c(C)n1-c1ccc2c(c1)OCO2. The van der Waals surface area contributed by atoms with Gasteiger partial charge in [0, 0.05) is 28.7 Å². The van der Waals surface area contributed by atoms with Gasteiger partial charge in [-0.25, -0.2) is 4.79 Å². The molecule has 4 heterocycles. The summed E-state index contributed by atoms with van der Waals surface area (Å²) in [5.74, 6) is 0.754. The van der Waals surface area contributed by atoms with Crippen LogP contribution in [0.15, 0.2) is 47.1 Å². The quantitative estimate of drug-likeness (QED) is 0.488. The second-order valence-electron chi connectivity index (χ2n) is 8.00. The Balaban J connectivity index is 1.42. The fourth-order valence-corrected chi connectivity index (χ4v) is 4.27. The topological polar surface area (TPSA) is 103 Å². The first kappa shape index (κ1) is 19.9. The fraction of sp³-hybridized carbons (Fsp3) is 0.261. The van der Waals surface area contributed by atoms with E-state index in [0.29, 0.717) is 28.5 Å². The van der Waals surface area contributed by atoms with Gasteiger partial charge < -0.3 is 23.8 Å². The van der Waals surface area contributed by atoms with Crippen molar-refractivity contribution in [2.24, 2.45) is 0 Å². The van der Waals surface area contributed by atoms with Crippen LogP contribution in [0.1, 0.15) is 34.4 Å². The van der Waals surface area contributed by atoms with Gasteiger partial charge in [0.25, 0.3) is 5.91 Å². The molecule has 2 aliphatic heterocycles. The maximum atomic E-state index is 13.1. The minimum absolute atomic E-state index is 0.176. The van der Waals surface area contributed by atoms with Crippen LogP contribution in [0.25, 0.3) is 5.69 Å². The Kier molecular flexibility index (Phi) is 4.37. The van der Waals surface area contributed by atoms with Crippen LogP contribution in [0.5, 0.6) is 11.5 Å². The van der Waals surface area contributed by atoms with Crippen molar-refractivity contribution in [3.05, 3.63) is 65.4 Å². The average Bonchev–Trinajstić information content (AvgIpc) is 3.53. The van der Waals surface area contributed by atoms with Crippen LogP contribution in [0.3, 0.4) is 0 Å². The lowest BCUT2D eigenvalue weighted by molar-refractivity contribution is -0.131. The summed E-state index contributed by atoms with van der Waals surface area (Å²) in [6.45, 7) is 5.07. The highest BCUT2D eigenvalue weighted by molar-refractivity contribution is 6.11. The molecule has 1 saturated heterocycles. The van der Waals surface area contributed by atoms with Gasteiger partial charge in [-0.2, -0.15) is 0 Å². The lowest BCUT2D eigenvalue weighted by Gasteiger charge is -2.18. The van der Waals surface area contributed by atoms with Gasteiger partial charge in [0.2, 0.25) is 6.79 Å². The van der Waals surface area contributed by atoms with Crippen LogP contribution in [-0.4, -0.2) is 40.5 Å². The number of ether oxygens (including phenoxy) is 2. The van der Waals surface area contributed by atoms with Crippen molar-refractivity contribution in [2.75, 3.05) is 13.3 Å². The number of ketones is 1. The van der Waals surface area contributed by atoms with Gasteiger partial charge in [0.05, 0.1) is 12.8 Å². The number of amides is 3. The molecule has 2 aromatic heterocycles. The van der Waals surface area contributed by atoms with E-state index < -0.39 is 17.5 Å². The number of hydrogen-bond acceptors (Lipinski definition) is 6. The number of fused-ring (bicyclic) bond motifs is 1. The Morgan fingerprint density at radius 1 is 1.12 bits per heavy atom. The number of imide groups is 1. The number of hydrogen-bond donors (Lipinski definition) is 1. The van der Waals surface area contributed by atoms with E-state index in [9.17, 15) is 14.4 Å². The standard InChI is InChI=1S/C23H21N3O6/c1-13-9-16(14(2)26(13)15-6-7-18-19(10-15)32-12-31-18)17(27)11-25-21(28)23(3,24-22(25)29)20-5-4-8-30-20/h4-10H,11-12H2,1-3H3,(H,24,29)/t23-/m0/s1. The lowest BCUT2D eigenvalue weighted by atomic mass is 9.99. The van der Waals surface area contributed by atoms with Gasteiger partial charge in [0.1, 0.15) is 5.76 Å². The number of benzene rings is 1. The molecule has 1 aromatic carbocycles. The van der Waals surface area contributed by atoms with Crippen LogP contribution < -0.4 is 14.8 Å². The molecular formula is C23H21N3O6. The van der Waals surface area contributed by atoms with Crippen molar-refractivity contribution in [3.63, 3.8) is 0 Å². The highest BCUT2D eigenvalue weighted by atomic mass is 16.7. The molecule has 5 rings (SSSR count). The van der Waals surface area contributed by atoms with Crippen LogP contribution in [0, 0.1) is 13.8 Å². The number of furan rings is 1. The zero-order valence-electron chi connectivity index (χ0n) is 17.8. The average molecular weight is 435 g/mol. The molecule has 0 aliphatic carbocycles. The molecule has 32 heavy (non-hydrogen) atoms. The van der Waals surface area contributed by atoms with Crippen LogP contribution in [0.4, 0.5) is 4.79 Å². The molecule has 164 valence electrons. The van der Waals surface area contributed by atoms with Gasteiger partial charge in [-0.1, -0.05) is 0 Å². The lowest BCUT2D eigenvalue weighted by Crippen LogP contribution is -2.41. The predicted octanol–water partition coefficient (Wildman–Crippen LogP) is 3.07. The summed E-state index contributed by atoms with van der Waals surface area (Å²) < 4.78 is 18.1. The first-order chi connectivity index (χ1) is 15.3. The van der Waals surface area contributed by atoms with Crippen molar-refractivity contribution in [1.82, 2.24) is 14.8 Å². The number of aryl methyl sites for hydroxylation is 1. The number of rotatable bonds is 5. The monoisotopic (exact) mass is 435 g/mol. The zero-order valence-corrected chi connectivity index (χ0v) is 17.8. The Morgan fingerprint density at radius 2 is 1.91 bits per heavy atom. The molecule has 0 spiro atoms. The highest BCUT2D eigenvalue weighted by Crippen LogP contribution is 2.35. The molecule has 0 radical (unpaired) electrons. The third-order valence-electron chi connectivity index (χ3n) is 5.94. The Bertz CT molecular complexity index is 1260. The van der Waals surface area contributed by atoms with Crippen molar-refractivity contribution >= 4 is 17.7 Å². The van der Waals surface area contributed by atoms with Crippen molar-refractivity contribution in [3.8, 4) is 17.2 Å². The molecule has 1 N–H and O–H groups in total. The Morgan fingerprint density at radius 3 is 2.66 bits per heavy atom. The molecule has 3 aromatic rings. The Hall–Kier alpha value is -4.01. The molecule has 0 bridgehead atoms. The summed E-state index contributed by atoms with van der Waals surface area (Å²) in [6, 6.07) is 9.93. The second kappa shape index (κ2) is 7.01. The van der Waals surface area contributed by atoms with Crippen molar-refractivity contribution < 1.29 is 28.3 Å². The van der Waals surface area contributed by atoms with Gasteiger partial charge in [-0.05, 0) is 51.1 Å². The first-order valence-corrected chi connectivity index (χ1v) is 10.1. The van der Waals surface area contributed by atoms with E-state index in [4.69, 9.17) is 13.9 Å². The van der Waals surface area contributed by atoms with E-state index in [1.54, 1.807) is 25.1 Å². The van der Waals surface area contributed by atoms with E-state index in [1.165, 1.54) is 6.26 Å². The number of nitrogens with one attached hydrogen (secondary N) is 1. The molecule has 0 unspecified atom stereocenters. The maximum Gasteiger partial charge on any atom is 0.325 e. The third-order valence-corrected chi connectivity index (χ3v) is 5.94. The molecule has 1 fully saturated rings. The van der Waals surface area contributed by atoms with Crippen molar-refractivity contribution in [2.45, 2.75) is 26.3 Å². The van der Waals surface area contributed by atoms with E-state index in [1.807, 2.05) is 36.6 Å². The molecule has 3 amide bonds. The normalized spacial score (nSPS) is 19.5. The number of carbonyl (C=O) groups is 3. The number of Topliss-reactive ketones (excluding diaryl/α,β-unsaturated/α-hetero) is 1. The molecule has 2 aliphatic rings. The first-order valence-electron chi connectivity index (χ1n) is 10.1. The van der Waals surface area contributed by atoms with Crippen LogP contribution in [-0.2, 0) is 10.3 Å². The van der Waals surface area contributed by atoms with E-state index in [-0.39, 0.29) is 19.1 Å². The highest BCUT2D eigenvalue weighted by Gasteiger charge is 2.51. The van der Waals surface area contributed by atoms with Crippen LogP contribution in [0.2, 0.25) is 0 Å². The van der Waals surface area contributed by atoms with Gasteiger partial charge in [-0.3, -0.25) is 14.5 Å². The molecular weight excluding hydrogens is 414 g/mol. The van der Waals surface area contributed by atoms with Gasteiger partial charge in [-0.15, -0.1) is 0 Å².